The molecule has 0 radical (unpaired) electrons. The normalized spacial score (nSPS) is 15.7. The molecule has 0 spiro atoms. The molecule has 0 saturated carbocycles. The number of rotatable bonds is 3. The van der Waals surface area contributed by atoms with E-state index in [4.69, 9.17) is 0 Å². The number of hydrogen-bond acceptors (Lipinski definition) is 4. The van der Waals surface area contributed by atoms with Crippen molar-refractivity contribution in [3.05, 3.63) is 28.1 Å². The predicted octanol–water partition coefficient (Wildman–Crippen LogP) is -0.376. The van der Waals surface area contributed by atoms with Crippen LogP contribution in [0, 0.1) is 10.1 Å². The zero-order valence-corrected chi connectivity index (χ0v) is 7.82. The fraction of sp³-hybridized carbons (Fsp3) is 0.375. The second-order valence-corrected chi connectivity index (χ2v) is 3.36. The molecule has 80 valence electrons. The Balaban J connectivity index is 2.01. The summed E-state index contributed by atoms with van der Waals surface area (Å²) in [7, 11) is 0. The van der Waals surface area contributed by atoms with Crippen LogP contribution in [0.5, 0.6) is 0 Å². The van der Waals surface area contributed by atoms with Gasteiger partial charge in [0, 0.05) is 19.2 Å². The van der Waals surface area contributed by atoms with Crippen LogP contribution in [0.1, 0.15) is 10.5 Å². The van der Waals surface area contributed by atoms with Crippen LogP contribution < -0.4 is 10.6 Å². The summed E-state index contributed by atoms with van der Waals surface area (Å²) in [5, 5.41) is 16.1. The summed E-state index contributed by atoms with van der Waals surface area (Å²) in [5.41, 5.74) is 0.112. The number of nitrogens with one attached hydrogen (secondary N) is 3. The molecule has 2 heterocycles. The van der Waals surface area contributed by atoms with Gasteiger partial charge in [-0.25, -0.2) is 0 Å². The molecule has 1 aliphatic rings. The zero-order valence-electron chi connectivity index (χ0n) is 7.82. The minimum Gasteiger partial charge on any atom is -0.351 e. The molecule has 1 fully saturated rings. The highest BCUT2D eigenvalue weighted by molar-refractivity contribution is 5.93. The second-order valence-electron chi connectivity index (χ2n) is 3.36. The van der Waals surface area contributed by atoms with Crippen LogP contribution in [-0.4, -0.2) is 34.9 Å². The van der Waals surface area contributed by atoms with E-state index in [-0.39, 0.29) is 23.3 Å². The lowest BCUT2D eigenvalue weighted by atomic mass is 10.2. The van der Waals surface area contributed by atoms with Crippen molar-refractivity contribution >= 4 is 11.6 Å². The first-order valence-corrected chi connectivity index (χ1v) is 4.51. The van der Waals surface area contributed by atoms with E-state index in [2.05, 4.69) is 15.6 Å². The molecule has 1 amide bonds. The van der Waals surface area contributed by atoms with Crippen LogP contribution in [0.15, 0.2) is 12.3 Å². The van der Waals surface area contributed by atoms with E-state index >= 15 is 0 Å². The molecule has 0 unspecified atom stereocenters. The molecule has 0 bridgehead atoms. The van der Waals surface area contributed by atoms with Crippen molar-refractivity contribution in [3.63, 3.8) is 0 Å². The number of H-pyrrole nitrogens is 1. The first-order chi connectivity index (χ1) is 7.16. The van der Waals surface area contributed by atoms with Crippen LogP contribution in [0.2, 0.25) is 0 Å². The van der Waals surface area contributed by atoms with Gasteiger partial charge in [0.2, 0.25) is 0 Å². The smallest absolute Gasteiger partial charge is 0.287 e. The second kappa shape index (κ2) is 3.70. The van der Waals surface area contributed by atoms with Gasteiger partial charge in [-0.1, -0.05) is 0 Å². The summed E-state index contributed by atoms with van der Waals surface area (Å²) in [6, 6.07) is 1.35. The fourth-order valence-corrected chi connectivity index (χ4v) is 1.27. The van der Waals surface area contributed by atoms with E-state index in [1.165, 1.54) is 12.3 Å². The van der Waals surface area contributed by atoms with Crippen LogP contribution >= 0.6 is 0 Å². The highest BCUT2D eigenvalue weighted by atomic mass is 16.6. The van der Waals surface area contributed by atoms with Gasteiger partial charge >= 0.3 is 0 Å². The summed E-state index contributed by atoms with van der Waals surface area (Å²) in [4.78, 5) is 23.9. The molecule has 15 heavy (non-hydrogen) atoms. The molecule has 2 rings (SSSR count). The lowest BCUT2D eigenvalue weighted by Crippen LogP contribution is -2.56. The molecular formula is C8H10N4O3. The van der Waals surface area contributed by atoms with Gasteiger partial charge in [0.15, 0.2) is 0 Å². The van der Waals surface area contributed by atoms with E-state index in [9.17, 15) is 14.9 Å². The minimum absolute atomic E-state index is 0.105. The highest BCUT2D eigenvalue weighted by Gasteiger charge is 2.21. The number of nitrogens with zero attached hydrogens (tertiary/aromatic N) is 1. The molecule has 1 aromatic heterocycles. The van der Waals surface area contributed by atoms with E-state index in [1.54, 1.807) is 0 Å². The SMILES string of the molecule is O=C(NC1CNC1)c1cc([N+](=O)[O-])c[nH]1. The van der Waals surface area contributed by atoms with Gasteiger partial charge in [0.05, 0.1) is 17.2 Å². The Kier molecular flexibility index (Phi) is 2.38. The van der Waals surface area contributed by atoms with Gasteiger partial charge in [-0.05, 0) is 0 Å². The summed E-state index contributed by atoms with van der Waals surface area (Å²) in [6.07, 6.45) is 1.20. The van der Waals surface area contributed by atoms with Gasteiger partial charge in [-0.3, -0.25) is 14.9 Å². The monoisotopic (exact) mass is 210 g/mol. The van der Waals surface area contributed by atoms with Gasteiger partial charge in [0.25, 0.3) is 11.6 Å². The maximum atomic E-state index is 11.5. The van der Waals surface area contributed by atoms with Crippen LogP contribution in [-0.2, 0) is 0 Å². The quantitative estimate of drug-likeness (QED) is 0.467. The first-order valence-electron chi connectivity index (χ1n) is 4.51. The van der Waals surface area contributed by atoms with Crippen LogP contribution in [0.3, 0.4) is 0 Å². The lowest BCUT2D eigenvalue weighted by molar-refractivity contribution is -0.384. The molecule has 7 heteroatoms. The summed E-state index contributed by atoms with van der Waals surface area (Å²) in [5.74, 6) is -0.311. The number of aromatic amines is 1. The standard InChI is InChI=1S/C8H10N4O3/c13-8(11-5-2-9-3-5)7-1-6(4-10-7)12(14)15/h1,4-5,9-10H,2-3H2,(H,11,13). The van der Waals surface area contributed by atoms with Crippen molar-refractivity contribution in [2.45, 2.75) is 6.04 Å². The molecule has 3 N–H and O–H groups in total. The summed E-state index contributed by atoms with van der Waals surface area (Å²) < 4.78 is 0. The fourth-order valence-electron chi connectivity index (χ4n) is 1.27. The van der Waals surface area contributed by atoms with Crippen molar-refractivity contribution in [1.29, 1.82) is 0 Å². The minimum atomic E-state index is -0.543. The lowest BCUT2D eigenvalue weighted by Gasteiger charge is -2.27. The van der Waals surface area contributed by atoms with Crippen LogP contribution in [0.25, 0.3) is 0 Å². The number of hydrogen-bond donors (Lipinski definition) is 3. The van der Waals surface area contributed by atoms with Gasteiger partial charge < -0.3 is 15.6 Å². The number of nitro groups is 1. The molecule has 0 aliphatic carbocycles. The van der Waals surface area contributed by atoms with Crippen molar-refractivity contribution in [2.75, 3.05) is 13.1 Å². The van der Waals surface area contributed by atoms with Gasteiger partial charge in [0.1, 0.15) is 5.69 Å². The molecule has 1 aliphatic heterocycles. The Hall–Kier alpha value is -1.89. The third kappa shape index (κ3) is 1.96. The number of aromatic nitrogens is 1. The third-order valence-electron chi connectivity index (χ3n) is 2.24. The maximum Gasteiger partial charge on any atom is 0.287 e. The highest BCUT2D eigenvalue weighted by Crippen LogP contribution is 2.12. The van der Waals surface area contributed by atoms with E-state index in [0.717, 1.165) is 13.1 Å². The molecule has 0 atom stereocenters. The topological polar surface area (TPSA) is 100 Å². The largest absolute Gasteiger partial charge is 0.351 e. The zero-order chi connectivity index (χ0) is 10.8. The molecule has 1 aromatic rings. The molecule has 1 saturated heterocycles. The molecular weight excluding hydrogens is 200 g/mol. The van der Waals surface area contributed by atoms with Crippen molar-refractivity contribution in [3.8, 4) is 0 Å². The Morgan fingerprint density at radius 1 is 1.60 bits per heavy atom. The van der Waals surface area contributed by atoms with E-state index < -0.39 is 4.92 Å². The van der Waals surface area contributed by atoms with E-state index in [0.29, 0.717) is 0 Å². The van der Waals surface area contributed by atoms with Crippen molar-refractivity contribution in [2.24, 2.45) is 0 Å². The van der Waals surface area contributed by atoms with Gasteiger partial charge in [-0.2, -0.15) is 0 Å². The Labute approximate surface area is 85.0 Å². The maximum absolute atomic E-state index is 11.5. The van der Waals surface area contributed by atoms with Crippen molar-refractivity contribution in [1.82, 2.24) is 15.6 Å². The third-order valence-corrected chi connectivity index (χ3v) is 2.24. The average Bonchev–Trinajstić information content (AvgIpc) is 2.59. The van der Waals surface area contributed by atoms with Gasteiger partial charge in [-0.15, -0.1) is 0 Å². The summed E-state index contributed by atoms with van der Waals surface area (Å²) in [6.45, 7) is 1.49. The summed E-state index contributed by atoms with van der Waals surface area (Å²) >= 11 is 0. The van der Waals surface area contributed by atoms with Crippen molar-refractivity contribution < 1.29 is 9.72 Å². The van der Waals surface area contributed by atoms with Crippen LogP contribution in [0.4, 0.5) is 5.69 Å². The number of carbonyl (C=O) groups excluding carboxylic acids is 1. The Morgan fingerprint density at radius 3 is 2.80 bits per heavy atom. The first kappa shape index (κ1) is 9.66. The number of carbonyl (C=O) groups is 1. The number of amides is 1. The molecule has 0 aromatic carbocycles. The van der Waals surface area contributed by atoms with E-state index in [1.807, 2.05) is 0 Å². The Bertz CT molecular complexity index is 396. The predicted molar refractivity (Wildman–Crippen MR) is 51.6 cm³/mol. The average molecular weight is 210 g/mol. The molecule has 7 nitrogen and oxygen atoms in total. The Morgan fingerprint density at radius 2 is 2.33 bits per heavy atom.